The highest BCUT2D eigenvalue weighted by Crippen LogP contribution is 2.64. The summed E-state index contributed by atoms with van der Waals surface area (Å²) in [4.78, 5) is 11.6. The average molecular weight is 206 g/mol. The van der Waals surface area contributed by atoms with Crippen molar-refractivity contribution in [2.75, 3.05) is 13.2 Å². The van der Waals surface area contributed by atoms with Crippen molar-refractivity contribution >= 4 is 5.78 Å². The molecule has 1 saturated heterocycles. The van der Waals surface area contributed by atoms with E-state index in [0.717, 1.165) is 26.1 Å². The van der Waals surface area contributed by atoms with Gasteiger partial charge in [-0.15, -0.1) is 0 Å². The molecule has 0 radical (unpaired) electrons. The lowest BCUT2D eigenvalue weighted by molar-refractivity contribution is -0.221. The molecule has 0 aromatic carbocycles. The van der Waals surface area contributed by atoms with Gasteiger partial charge in [-0.05, 0) is 24.3 Å². The Kier molecular flexibility index (Phi) is 1.43. The summed E-state index contributed by atoms with van der Waals surface area (Å²) < 4.78 is 11.6. The number of fused-ring (bicyclic) bond motifs is 5. The largest absolute Gasteiger partial charge is 0.347 e. The van der Waals surface area contributed by atoms with Crippen LogP contribution >= 0.6 is 0 Å². The van der Waals surface area contributed by atoms with Gasteiger partial charge in [0.25, 0.3) is 0 Å². The Balaban J connectivity index is 1.69. The standard InChI is InChI=1S/C12H14O3/c13-9-2-1-7-10(9)8-3-4-12(11(7)8)14-5-6-15-12/h1-2,7-8,10-11H,3-6H2/t7-,8-,10+,11+/m1/s1. The number of carbonyl (C=O) groups is 1. The van der Waals surface area contributed by atoms with Crippen LogP contribution in [0.2, 0.25) is 0 Å². The highest BCUT2D eigenvalue weighted by molar-refractivity contribution is 5.96. The van der Waals surface area contributed by atoms with Crippen LogP contribution < -0.4 is 0 Å². The third-order valence-corrected chi connectivity index (χ3v) is 4.67. The van der Waals surface area contributed by atoms with Gasteiger partial charge in [0.1, 0.15) is 0 Å². The summed E-state index contributed by atoms with van der Waals surface area (Å²) in [7, 11) is 0. The fraction of sp³-hybridized carbons (Fsp3) is 0.750. The molecule has 0 aromatic rings. The van der Waals surface area contributed by atoms with E-state index in [-0.39, 0.29) is 11.7 Å². The predicted octanol–water partition coefficient (Wildman–Crippen LogP) is 1.14. The quantitative estimate of drug-likeness (QED) is 0.596. The van der Waals surface area contributed by atoms with Crippen molar-refractivity contribution in [3.8, 4) is 0 Å². The number of ether oxygens (including phenoxy) is 2. The number of carbonyl (C=O) groups excluding carboxylic acids is 1. The predicted molar refractivity (Wildman–Crippen MR) is 52.0 cm³/mol. The third kappa shape index (κ3) is 0.833. The first-order valence-electron chi connectivity index (χ1n) is 5.82. The van der Waals surface area contributed by atoms with Gasteiger partial charge >= 0.3 is 0 Å². The molecule has 0 bridgehead atoms. The Labute approximate surface area is 88.4 Å². The summed E-state index contributed by atoms with van der Waals surface area (Å²) in [5.74, 6) is 1.66. The minimum Gasteiger partial charge on any atom is -0.347 e. The summed E-state index contributed by atoms with van der Waals surface area (Å²) in [5, 5.41) is 0. The molecule has 1 aliphatic heterocycles. The molecule has 1 spiro atoms. The van der Waals surface area contributed by atoms with Crippen LogP contribution in [0.3, 0.4) is 0 Å². The van der Waals surface area contributed by atoms with Gasteiger partial charge in [-0.2, -0.15) is 0 Å². The minimum atomic E-state index is -0.319. The van der Waals surface area contributed by atoms with Crippen LogP contribution in [-0.4, -0.2) is 24.8 Å². The monoisotopic (exact) mass is 206 g/mol. The number of ketones is 1. The smallest absolute Gasteiger partial charge is 0.172 e. The Morgan fingerprint density at radius 1 is 1.33 bits per heavy atom. The lowest BCUT2D eigenvalue weighted by Crippen LogP contribution is -2.53. The van der Waals surface area contributed by atoms with E-state index < -0.39 is 0 Å². The topological polar surface area (TPSA) is 35.5 Å². The summed E-state index contributed by atoms with van der Waals surface area (Å²) in [6.07, 6.45) is 5.91. The second-order valence-electron chi connectivity index (χ2n) is 5.10. The summed E-state index contributed by atoms with van der Waals surface area (Å²) in [6.45, 7) is 1.44. The van der Waals surface area contributed by atoms with Crippen LogP contribution in [0.15, 0.2) is 12.2 Å². The van der Waals surface area contributed by atoms with Crippen LogP contribution in [0.4, 0.5) is 0 Å². The highest BCUT2D eigenvalue weighted by atomic mass is 16.7. The molecule has 2 saturated carbocycles. The van der Waals surface area contributed by atoms with E-state index in [1.54, 1.807) is 6.08 Å². The molecule has 15 heavy (non-hydrogen) atoms. The fourth-order valence-electron chi connectivity index (χ4n) is 4.15. The summed E-state index contributed by atoms with van der Waals surface area (Å²) in [5.41, 5.74) is 0. The molecule has 3 fully saturated rings. The van der Waals surface area contributed by atoms with Crippen molar-refractivity contribution in [2.24, 2.45) is 23.7 Å². The van der Waals surface area contributed by atoms with E-state index in [2.05, 4.69) is 6.08 Å². The third-order valence-electron chi connectivity index (χ3n) is 4.67. The molecule has 0 unspecified atom stereocenters. The van der Waals surface area contributed by atoms with Crippen molar-refractivity contribution in [1.29, 1.82) is 0 Å². The van der Waals surface area contributed by atoms with E-state index in [1.807, 2.05) is 0 Å². The number of hydrogen-bond donors (Lipinski definition) is 0. The van der Waals surface area contributed by atoms with Crippen LogP contribution in [-0.2, 0) is 14.3 Å². The van der Waals surface area contributed by atoms with E-state index in [1.165, 1.54) is 0 Å². The molecule has 3 nitrogen and oxygen atoms in total. The minimum absolute atomic E-state index is 0.266. The second kappa shape index (κ2) is 2.53. The maximum absolute atomic E-state index is 11.6. The van der Waals surface area contributed by atoms with Gasteiger partial charge in [0.05, 0.1) is 13.2 Å². The van der Waals surface area contributed by atoms with Gasteiger partial charge in [-0.3, -0.25) is 4.79 Å². The molecule has 4 rings (SSSR count). The van der Waals surface area contributed by atoms with Gasteiger partial charge in [-0.25, -0.2) is 0 Å². The zero-order chi connectivity index (χ0) is 10.0. The van der Waals surface area contributed by atoms with Crippen LogP contribution in [0.1, 0.15) is 12.8 Å². The lowest BCUT2D eigenvalue weighted by Gasteiger charge is -2.48. The summed E-state index contributed by atoms with van der Waals surface area (Å²) >= 11 is 0. The van der Waals surface area contributed by atoms with Crippen LogP contribution in [0.5, 0.6) is 0 Å². The molecule has 1 heterocycles. The first-order chi connectivity index (χ1) is 7.32. The molecule has 0 aromatic heterocycles. The zero-order valence-electron chi connectivity index (χ0n) is 8.52. The van der Waals surface area contributed by atoms with Crippen molar-refractivity contribution in [3.63, 3.8) is 0 Å². The van der Waals surface area contributed by atoms with E-state index in [0.29, 0.717) is 23.5 Å². The average Bonchev–Trinajstić information content (AvgIpc) is 2.81. The number of rotatable bonds is 0. The van der Waals surface area contributed by atoms with Gasteiger partial charge in [0.2, 0.25) is 0 Å². The Hall–Kier alpha value is -0.670. The molecule has 3 aliphatic carbocycles. The molecule has 4 atom stereocenters. The highest BCUT2D eigenvalue weighted by Gasteiger charge is 2.67. The molecular weight excluding hydrogens is 192 g/mol. The van der Waals surface area contributed by atoms with Crippen molar-refractivity contribution in [2.45, 2.75) is 18.6 Å². The van der Waals surface area contributed by atoms with E-state index in [4.69, 9.17) is 9.47 Å². The SMILES string of the molecule is O=C1C=C[C@@H]2[C@H]1[C@H]1CCC3(OCCO3)[C@@H]21. The van der Waals surface area contributed by atoms with E-state index in [9.17, 15) is 4.79 Å². The van der Waals surface area contributed by atoms with Gasteiger partial charge in [-0.1, -0.05) is 6.08 Å². The normalized spacial score (nSPS) is 49.5. The Morgan fingerprint density at radius 3 is 2.93 bits per heavy atom. The molecule has 80 valence electrons. The van der Waals surface area contributed by atoms with Gasteiger partial charge < -0.3 is 9.47 Å². The molecule has 0 amide bonds. The Bertz CT molecular complexity index is 354. The molecule has 3 heteroatoms. The van der Waals surface area contributed by atoms with E-state index >= 15 is 0 Å². The molecule has 4 aliphatic rings. The first kappa shape index (κ1) is 8.48. The molecular formula is C12H14O3. The second-order valence-corrected chi connectivity index (χ2v) is 5.10. The Morgan fingerprint density at radius 2 is 2.13 bits per heavy atom. The van der Waals surface area contributed by atoms with Crippen LogP contribution in [0, 0.1) is 23.7 Å². The van der Waals surface area contributed by atoms with Crippen molar-refractivity contribution in [3.05, 3.63) is 12.2 Å². The number of hydrogen-bond acceptors (Lipinski definition) is 3. The van der Waals surface area contributed by atoms with Gasteiger partial charge in [0.15, 0.2) is 11.6 Å². The zero-order valence-corrected chi connectivity index (χ0v) is 8.52. The summed E-state index contributed by atoms with van der Waals surface area (Å²) in [6, 6.07) is 0. The van der Waals surface area contributed by atoms with Crippen molar-refractivity contribution in [1.82, 2.24) is 0 Å². The number of allylic oxidation sites excluding steroid dienone is 2. The molecule has 0 N–H and O–H groups in total. The fourth-order valence-corrected chi connectivity index (χ4v) is 4.15. The van der Waals surface area contributed by atoms with Crippen molar-refractivity contribution < 1.29 is 14.3 Å². The van der Waals surface area contributed by atoms with Crippen LogP contribution in [0.25, 0.3) is 0 Å². The lowest BCUT2D eigenvalue weighted by atomic mass is 9.58. The van der Waals surface area contributed by atoms with Gasteiger partial charge in [0, 0.05) is 18.3 Å². The maximum Gasteiger partial charge on any atom is 0.172 e. The maximum atomic E-state index is 11.6. The first-order valence-corrected chi connectivity index (χ1v) is 5.82.